The molecule has 2 amide bonds. The molecule has 1 spiro atoms. The summed E-state index contributed by atoms with van der Waals surface area (Å²) in [6.45, 7) is 1.86. The van der Waals surface area contributed by atoms with Gasteiger partial charge in [0.05, 0.1) is 10.9 Å². The second kappa shape index (κ2) is 6.52. The molecule has 2 aliphatic heterocycles. The Morgan fingerprint density at radius 1 is 1.03 bits per heavy atom. The number of nitrogens with zero attached hydrogens (tertiary/aromatic N) is 3. The summed E-state index contributed by atoms with van der Waals surface area (Å²) >= 11 is 6.15. The van der Waals surface area contributed by atoms with Crippen molar-refractivity contribution in [1.29, 1.82) is 0 Å². The number of anilines is 2. The first-order valence-electron chi connectivity index (χ1n) is 10.3. The van der Waals surface area contributed by atoms with Gasteiger partial charge < -0.3 is 9.32 Å². The molecule has 0 N–H and O–H groups in total. The highest BCUT2D eigenvalue weighted by atomic mass is 35.5. The van der Waals surface area contributed by atoms with Gasteiger partial charge in [0.15, 0.2) is 11.0 Å². The number of amides is 2. The van der Waals surface area contributed by atoms with Crippen molar-refractivity contribution in [1.82, 2.24) is 4.98 Å². The first kappa shape index (κ1) is 19.7. The molecular weight excluding hydrogens is 442 g/mol. The number of halogens is 1. The maximum atomic E-state index is 14.0. The lowest BCUT2D eigenvalue weighted by Crippen LogP contribution is -2.53. The standard InChI is InChI=1S/C25H16ClN3O4/c1-13-9-10-27-19(11-13)29-23(31)22-20(21(30)15-12-14(26)7-8-18(15)33-22)25(29)16-5-3-4-6-17(16)28(2)24(25)32/h3-12H,1-2H3. The molecule has 0 radical (unpaired) electrons. The van der Waals surface area contributed by atoms with E-state index in [1.807, 2.05) is 6.92 Å². The Morgan fingerprint density at radius 3 is 2.61 bits per heavy atom. The number of aromatic nitrogens is 1. The molecule has 8 heteroatoms. The van der Waals surface area contributed by atoms with Gasteiger partial charge in [0.1, 0.15) is 11.4 Å². The third-order valence-corrected chi connectivity index (χ3v) is 6.58. The zero-order valence-electron chi connectivity index (χ0n) is 17.6. The van der Waals surface area contributed by atoms with Crippen molar-refractivity contribution in [2.24, 2.45) is 0 Å². The zero-order valence-corrected chi connectivity index (χ0v) is 18.4. The fourth-order valence-electron chi connectivity index (χ4n) is 4.93. The second-order valence-corrected chi connectivity index (χ2v) is 8.64. The maximum absolute atomic E-state index is 14.0. The van der Waals surface area contributed by atoms with E-state index in [4.69, 9.17) is 16.0 Å². The van der Waals surface area contributed by atoms with Gasteiger partial charge in [-0.15, -0.1) is 0 Å². The van der Waals surface area contributed by atoms with Crippen molar-refractivity contribution in [3.8, 4) is 0 Å². The summed E-state index contributed by atoms with van der Waals surface area (Å²) in [6, 6.07) is 15.2. The number of hydrogen-bond donors (Lipinski definition) is 0. The lowest BCUT2D eigenvalue weighted by molar-refractivity contribution is -0.121. The van der Waals surface area contributed by atoms with Crippen molar-refractivity contribution in [2.45, 2.75) is 12.5 Å². The van der Waals surface area contributed by atoms with Crippen LogP contribution in [0.5, 0.6) is 0 Å². The summed E-state index contributed by atoms with van der Waals surface area (Å²) in [5.74, 6) is -0.953. The Kier molecular flexibility index (Phi) is 3.89. The van der Waals surface area contributed by atoms with Crippen LogP contribution in [0.4, 0.5) is 11.5 Å². The predicted octanol–water partition coefficient (Wildman–Crippen LogP) is 4.03. The lowest BCUT2D eigenvalue weighted by Gasteiger charge is -2.33. The van der Waals surface area contributed by atoms with Crippen molar-refractivity contribution in [2.75, 3.05) is 16.8 Å². The summed E-state index contributed by atoms with van der Waals surface area (Å²) in [7, 11) is 1.62. The van der Waals surface area contributed by atoms with Crippen LogP contribution in [-0.2, 0) is 10.3 Å². The summed E-state index contributed by atoms with van der Waals surface area (Å²) in [6.07, 6.45) is 1.56. The van der Waals surface area contributed by atoms with E-state index < -0.39 is 22.8 Å². The van der Waals surface area contributed by atoms with E-state index in [0.717, 1.165) is 5.56 Å². The summed E-state index contributed by atoms with van der Waals surface area (Å²) < 4.78 is 5.97. The monoisotopic (exact) mass is 457 g/mol. The van der Waals surface area contributed by atoms with Crippen LogP contribution >= 0.6 is 11.6 Å². The van der Waals surface area contributed by atoms with E-state index in [1.165, 1.54) is 15.9 Å². The molecule has 7 nitrogen and oxygen atoms in total. The molecule has 1 atom stereocenters. The number of carbonyl (C=O) groups is 2. The van der Waals surface area contributed by atoms with Gasteiger partial charge >= 0.3 is 0 Å². The minimum absolute atomic E-state index is 0.0210. The topological polar surface area (TPSA) is 83.7 Å². The molecule has 2 aromatic heterocycles. The minimum atomic E-state index is -1.74. The van der Waals surface area contributed by atoms with Gasteiger partial charge in [-0.1, -0.05) is 29.8 Å². The van der Waals surface area contributed by atoms with Crippen LogP contribution in [0.3, 0.4) is 0 Å². The number of aryl methyl sites for hydroxylation is 1. The number of para-hydroxylation sites is 1. The van der Waals surface area contributed by atoms with E-state index >= 15 is 0 Å². The first-order chi connectivity index (χ1) is 15.9. The van der Waals surface area contributed by atoms with E-state index in [1.54, 1.807) is 61.8 Å². The highest BCUT2D eigenvalue weighted by molar-refractivity contribution is 6.31. The Hall–Kier alpha value is -3.97. The van der Waals surface area contributed by atoms with Crippen molar-refractivity contribution >= 4 is 45.9 Å². The predicted molar refractivity (Wildman–Crippen MR) is 124 cm³/mol. The number of pyridine rings is 1. The molecule has 0 saturated heterocycles. The zero-order chi connectivity index (χ0) is 23.1. The molecule has 2 aromatic carbocycles. The molecule has 0 saturated carbocycles. The molecule has 0 bridgehead atoms. The number of carbonyl (C=O) groups excluding carboxylic acids is 2. The number of hydrogen-bond acceptors (Lipinski definition) is 5. The van der Waals surface area contributed by atoms with E-state index in [0.29, 0.717) is 16.3 Å². The molecule has 4 heterocycles. The van der Waals surface area contributed by atoms with E-state index in [2.05, 4.69) is 4.98 Å². The molecule has 2 aliphatic rings. The second-order valence-electron chi connectivity index (χ2n) is 8.20. The number of fused-ring (bicyclic) bond motifs is 5. The Morgan fingerprint density at radius 2 is 1.82 bits per heavy atom. The number of rotatable bonds is 1. The van der Waals surface area contributed by atoms with Gasteiger partial charge in [0.2, 0.25) is 5.76 Å². The van der Waals surface area contributed by atoms with Crippen molar-refractivity contribution in [3.63, 3.8) is 0 Å². The molecule has 0 aliphatic carbocycles. The van der Waals surface area contributed by atoms with Crippen molar-refractivity contribution < 1.29 is 14.0 Å². The summed E-state index contributed by atoms with van der Waals surface area (Å²) in [5.41, 5.74) is -0.0496. The third kappa shape index (κ3) is 2.34. The lowest BCUT2D eigenvalue weighted by atomic mass is 9.84. The van der Waals surface area contributed by atoms with Gasteiger partial charge in [-0.25, -0.2) is 4.98 Å². The van der Waals surface area contributed by atoms with Crippen LogP contribution in [0.2, 0.25) is 5.02 Å². The maximum Gasteiger partial charge on any atom is 0.297 e. The average Bonchev–Trinajstić information content (AvgIpc) is 3.19. The fourth-order valence-corrected chi connectivity index (χ4v) is 5.10. The first-order valence-corrected chi connectivity index (χ1v) is 10.6. The molecule has 162 valence electrons. The summed E-state index contributed by atoms with van der Waals surface area (Å²) in [5, 5.41) is 0.549. The smallest absolute Gasteiger partial charge is 0.297 e. The molecule has 0 fully saturated rings. The number of likely N-dealkylation sites (N-methyl/N-ethyl adjacent to an activating group) is 1. The normalized spacial score (nSPS) is 19.0. The van der Waals surface area contributed by atoms with Crippen molar-refractivity contribution in [3.05, 3.63) is 98.5 Å². The summed E-state index contributed by atoms with van der Waals surface area (Å²) in [4.78, 5) is 48.9. The molecule has 6 rings (SSSR count). The van der Waals surface area contributed by atoms with Gasteiger partial charge in [-0.05, 0) is 48.9 Å². The van der Waals surface area contributed by atoms with Crippen LogP contribution in [0, 0.1) is 6.92 Å². The molecule has 4 aromatic rings. The van der Waals surface area contributed by atoms with Crippen LogP contribution in [0.1, 0.15) is 27.2 Å². The largest absolute Gasteiger partial charge is 0.450 e. The SMILES string of the molecule is Cc1ccnc(N2C(=O)c3oc4ccc(Cl)cc4c(=O)c3C23C(=O)N(C)c2ccccc23)c1. The van der Waals surface area contributed by atoms with Crippen LogP contribution in [-0.4, -0.2) is 23.8 Å². The molecule has 33 heavy (non-hydrogen) atoms. The van der Waals surface area contributed by atoms with Crippen LogP contribution in [0.25, 0.3) is 11.0 Å². The minimum Gasteiger partial charge on any atom is -0.450 e. The van der Waals surface area contributed by atoms with Crippen LogP contribution < -0.4 is 15.2 Å². The van der Waals surface area contributed by atoms with Gasteiger partial charge in [-0.3, -0.25) is 19.3 Å². The van der Waals surface area contributed by atoms with Gasteiger partial charge in [0.25, 0.3) is 11.8 Å². The fraction of sp³-hybridized carbons (Fsp3) is 0.120. The Bertz CT molecular complexity index is 1590. The number of benzene rings is 2. The molecular formula is C25H16ClN3O4. The average molecular weight is 458 g/mol. The highest BCUT2D eigenvalue weighted by Gasteiger charge is 2.65. The molecule has 1 unspecified atom stereocenters. The van der Waals surface area contributed by atoms with Gasteiger partial charge in [-0.2, -0.15) is 0 Å². The van der Waals surface area contributed by atoms with Crippen LogP contribution in [0.15, 0.2) is 70.0 Å². The van der Waals surface area contributed by atoms with Gasteiger partial charge in [0, 0.05) is 29.5 Å². The van der Waals surface area contributed by atoms with E-state index in [9.17, 15) is 14.4 Å². The van der Waals surface area contributed by atoms with E-state index in [-0.39, 0.29) is 28.1 Å². The highest BCUT2D eigenvalue weighted by Crippen LogP contribution is 2.53. The Labute approximate surface area is 192 Å². The third-order valence-electron chi connectivity index (χ3n) is 6.35. The quantitative estimate of drug-likeness (QED) is 0.431. The Balaban J connectivity index is 1.81.